The Morgan fingerprint density at radius 2 is 1.73 bits per heavy atom. The van der Waals surface area contributed by atoms with Crippen molar-refractivity contribution < 1.29 is 35.1 Å². The molecule has 3 fully saturated rings. The summed E-state index contributed by atoms with van der Waals surface area (Å²) in [7, 11) is 0. The van der Waals surface area contributed by atoms with E-state index in [1.165, 1.54) is 0 Å². The van der Waals surface area contributed by atoms with Gasteiger partial charge in [-0.15, -0.1) is 0 Å². The number of aliphatic hydroxyl groups excluding tert-OH is 2. The molecule has 0 amide bonds. The third-order valence-electron chi connectivity index (χ3n) is 11.3. The molecule has 37 heavy (non-hydrogen) atoms. The van der Waals surface area contributed by atoms with Gasteiger partial charge in [-0.2, -0.15) is 0 Å². The smallest absolute Gasteiger partial charge is 0.164 e. The van der Waals surface area contributed by atoms with Gasteiger partial charge >= 0.3 is 0 Å². The fourth-order valence-electron chi connectivity index (χ4n) is 8.78. The zero-order valence-corrected chi connectivity index (χ0v) is 23.3. The van der Waals surface area contributed by atoms with E-state index in [1.54, 1.807) is 19.9 Å². The monoisotopic (exact) mass is 520 g/mol. The van der Waals surface area contributed by atoms with Crippen molar-refractivity contribution in [1.82, 2.24) is 0 Å². The maximum Gasteiger partial charge on any atom is 0.164 e. The minimum atomic E-state index is -1.66. The highest BCUT2D eigenvalue weighted by atomic mass is 16.3. The van der Waals surface area contributed by atoms with Gasteiger partial charge in [0.25, 0.3) is 0 Å². The lowest BCUT2D eigenvalue weighted by Crippen LogP contribution is -2.62. The third kappa shape index (κ3) is 4.47. The molecular formula is C30H48O7. The van der Waals surface area contributed by atoms with Crippen LogP contribution in [0.3, 0.4) is 0 Å². The van der Waals surface area contributed by atoms with E-state index < -0.39 is 51.7 Å². The van der Waals surface area contributed by atoms with Gasteiger partial charge in [-0.25, -0.2) is 0 Å². The van der Waals surface area contributed by atoms with Crippen molar-refractivity contribution in [2.75, 3.05) is 0 Å². The SMILES string of the molecule is CCCC[C@@](C)(O)CCC(=O)[C@](C)(O)[C@H]1CC[C@@]2(O)C3=CC(=O)[C@@H]4C[C@@H](O)[C@@H](O)C[C@]4(C)[C@H]3CC[C@]12C. The van der Waals surface area contributed by atoms with E-state index in [0.717, 1.165) is 12.8 Å². The summed E-state index contributed by atoms with van der Waals surface area (Å²) in [5.41, 5.74) is -4.63. The lowest BCUT2D eigenvalue weighted by atomic mass is 9.45. The lowest BCUT2D eigenvalue weighted by molar-refractivity contribution is -0.167. The summed E-state index contributed by atoms with van der Waals surface area (Å²) < 4.78 is 0. The number of carbonyl (C=O) groups excluding carboxylic acids is 2. The molecule has 0 bridgehead atoms. The number of unbranched alkanes of at least 4 members (excludes halogenated alkanes) is 1. The van der Waals surface area contributed by atoms with Gasteiger partial charge in [-0.1, -0.05) is 33.6 Å². The Bertz CT molecular complexity index is 954. The van der Waals surface area contributed by atoms with Crippen LogP contribution in [0, 0.1) is 28.6 Å². The second kappa shape index (κ2) is 9.51. The minimum absolute atomic E-state index is 0.0680. The summed E-state index contributed by atoms with van der Waals surface area (Å²) in [5, 5.41) is 55.3. The van der Waals surface area contributed by atoms with Crippen LogP contribution in [0.5, 0.6) is 0 Å². The molecule has 210 valence electrons. The van der Waals surface area contributed by atoms with E-state index in [1.807, 2.05) is 13.8 Å². The first-order chi connectivity index (χ1) is 17.0. The second-order valence-corrected chi connectivity index (χ2v) is 13.8. The van der Waals surface area contributed by atoms with E-state index in [2.05, 4.69) is 6.92 Å². The van der Waals surface area contributed by atoms with Crippen molar-refractivity contribution in [2.24, 2.45) is 28.6 Å². The summed E-state index contributed by atoms with van der Waals surface area (Å²) in [5.74, 6) is -1.41. The minimum Gasteiger partial charge on any atom is -0.390 e. The molecule has 4 rings (SSSR count). The average molecular weight is 521 g/mol. The Hall–Kier alpha value is -1.12. The predicted molar refractivity (Wildman–Crippen MR) is 139 cm³/mol. The average Bonchev–Trinajstić information content (AvgIpc) is 3.10. The maximum atomic E-state index is 13.4. The fourth-order valence-corrected chi connectivity index (χ4v) is 8.78. The van der Waals surface area contributed by atoms with Crippen LogP contribution in [0.4, 0.5) is 0 Å². The van der Waals surface area contributed by atoms with Gasteiger partial charge in [0.05, 0.1) is 23.4 Å². The van der Waals surface area contributed by atoms with Crippen LogP contribution in [0.15, 0.2) is 11.6 Å². The number of hydrogen-bond acceptors (Lipinski definition) is 7. The number of Topliss-reactive ketones (excluding diaryl/α,β-unsaturated/α-hetero) is 1. The summed E-state index contributed by atoms with van der Waals surface area (Å²) >= 11 is 0. The predicted octanol–water partition coefficient (Wildman–Crippen LogP) is 3.23. The molecule has 0 radical (unpaired) electrons. The van der Waals surface area contributed by atoms with Crippen LogP contribution in [0.1, 0.15) is 105 Å². The summed E-state index contributed by atoms with van der Waals surface area (Å²) in [6.07, 6.45) is 5.15. The third-order valence-corrected chi connectivity index (χ3v) is 11.3. The van der Waals surface area contributed by atoms with Crippen molar-refractivity contribution in [1.29, 1.82) is 0 Å². The van der Waals surface area contributed by atoms with Gasteiger partial charge in [0, 0.05) is 23.7 Å². The molecule has 0 saturated heterocycles. The van der Waals surface area contributed by atoms with E-state index in [4.69, 9.17) is 0 Å². The first kappa shape index (κ1) is 28.9. The van der Waals surface area contributed by atoms with Crippen molar-refractivity contribution in [3.63, 3.8) is 0 Å². The number of hydrogen-bond donors (Lipinski definition) is 5. The molecule has 4 aliphatic rings. The van der Waals surface area contributed by atoms with E-state index in [0.29, 0.717) is 44.1 Å². The molecule has 5 N–H and O–H groups in total. The Kier molecular flexibility index (Phi) is 7.42. The Labute approximate surface area is 221 Å². The molecule has 0 unspecified atom stereocenters. The Balaban J connectivity index is 1.59. The van der Waals surface area contributed by atoms with Crippen molar-refractivity contribution in [3.05, 3.63) is 11.6 Å². The largest absolute Gasteiger partial charge is 0.390 e. The second-order valence-electron chi connectivity index (χ2n) is 13.8. The highest BCUT2D eigenvalue weighted by Gasteiger charge is 2.69. The van der Waals surface area contributed by atoms with Crippen LogP contribution in [-0.2, 0) is 9.59 Å². The maximum absolute atomic E-state index is 13.4. The standard InChI is InChI=1S/C30H48O7/c1-6-7-11-26(2,35)12-10-25(34)29(5,36)24-9-14-30(37)19-15-21(31)20-16-22(32)23(33)17-27(20,3)18(19)8-13-28(24,30)4/h15,18,20,22-24,32-33,35-37H,6-14,16-17H2,1-5H3/t18-,20-,22+,23-,24-,26+,27+,28+,29+,30+/m0/s1. The van der Waals surface area contributed by atoms with Crippen molar-refractivity contribution in [2.45, 2.75) is 134 Å². The molecule has 0 spiro atoms. The van der Waals surface area contributed by atoms with Crippen LogP contribution in [-0.4, -0.2) is 66.1 Å². The molecule has 4 aliphatic carbocycles. The Morgan fingerprint density at radius 1 is 1.05 bits per heavy atom. The molecule has 3 saturated carbocycles. The first-order valence-electron chi connectivity index (χ1n) is 14.4. The van der Waals surface area contributed by atoms with Crippen molar-refractivity contribution in [3.8, 4) is 0 Å². The van der Waals surface area contributed by atoms with Crippen LogP contribution < -0.4 is 0 Å². The van der Waals surface area contributed by atoms with Gasteiger partial charge < -0.3 is 25.5 Å². The van der Waals surface area contributed by atoms with Crippen LogP contribution in [0.2, 0.25) is 0 Å². The zero-order chi connectivity index (χ0) is 27.6. The van der Waals surface area contributed by atoms with Gasteiger partial charge in [0.15, 0.2) is 11.6 Å². The number of allylic oxidation sites excluding steroid dienone is 1. The van der Waals surface area contributed by atoms with Gasteiger partial charge in [-0.05, 0) is 88.2 Å². The lowest BCUT2D eigenvalue weighted by Gasteiger charge is -2.60. The van der Waals surface area contributed by atoms with Gasteiger partial charge in [0.1, 0.15) is 5.60 Å². The molecular weight excluding hydrogens is 472 g/mol. The number of carbonyl (C=O) groups is 2. The fraction of sp³-hybridized carbons (Fsp3) is 0.867. The topological polar surface area (TPSA) is 135 Å². The number of rotatable bonds is 8. The molecule has 0 heterocycles. The normalized spacial score (nSPS) is 44.6. The van der Waals surface area contributed by atoms with Crippen LogP contribution in [0.25, 0.3) is 0 Å². The summed E-state index contributed by atoms with van der Waals surface area (Å²) in [4.78, 5) is 26.7. The molecule has 10 atom stereocenters. The Morgan fingerprint density at radius 3 is 2.38 bits per heavy atom. The zero-order valence-electron chi connectivity index (χ0n) is 23.3. The highest BCUT2D eigenvalue weighted by Crippen LogP contribution is 2.68. The summed E-state index contributed by atoms with van der Waals surface area (Å²) in [6.45, 7) is 9.30. The quantitative estimate of drug-likeness (QED) is 0.332. The number of aliphatic hydroxyl groups is 5. The van der Waals surface area contributed by atoms with Crippen LogP contribution >= 0.6 is 0 Å². The first-order valence-corrected chi connectivity index (χ1v) is 14.4. The molecule has 7 heteroatoms. The highest BCUT2D eigenvalue weighted by molar-refractivity contribution is 5.95. The molecule has 0 aromatic rings. The molecule has 0 aliphatic heterocycles. The van der Waals surface area contributed by atoms with E-state index in [-0.39, 0.29) is 36.7 Å². The van der Waals surface area contributed by atoms with Gasteiger partial charge in [0.2, 0.25) is 0 Å². The van der Waals surface area contributed by atoms with Crippen molar-refractivity contribution >= 4 is 11.6 Å². The molecule has 0 aromatic heterocycles. The summed E-state index contributed by atoms with van der Waals surface area (Å²) in [6, 6.07) is 0. The number of fused-ring (bicyclic) bond motifs is 5. The number of ketones is 2. The molecule has 7 nitrogen and oxygen atoms in total. The van der Waals surface area contributed by atoms with E-state index >= 15 is 0 Å². The molecule has 0 aromatic carbocycles. The van der Waals surface area contributed by atoms with Gasteiger partial charge in [-0.3, -0.25) is 9.59 Å². The van der Waals surface area contributed by atoms with E-state index in [9.17, 15) is 35.1 Å².